The largest absolute Gasteiger partial charge is 0.486 e. The number of carbonyl (C=O) groups excluding carboxylic acids is 2. The minimum atomic E-state index is 0.00363. The third-order valence-electron chi connectivity index (χ3n) is 7.17. The summed E-state index contributed by atoms with van der Waals surface area (Å²) < 4.78 is 11.3. The van der Waals surface area contributed by atoms with Gasteiger partial charge in [-0.25, -0.2) is 0 Å². The molecule has 4 aliphatic rings. The van der Waals surface area contributed by atoms with Crippen LogP contribution in [0, 0.1) is 11.8 Å². The summed E-state index contributed by atoms with van der Waals surface area (Å²) >= 11 is 0. The number of hydrogen-bond acceptors (Lipinski definition) is 5. The number of piperidine rings is 3. The van der Waals surface area contributed by atoms with E-state index in [9.17, 15) is 9.59 Å². The molecule has 3 atom stereocenters. The number of likely N-dealkylation sites (tertiary alicyclic amines) is 1. The first kappa shape index (κ1) is 18.7. The summed E-state index contributed by atoms with van der Waals surface area (Å²) in [5.41, 5.74) is 2.13. The molecule has 8 nitrogen and oxygen atoms in total. The maximum absolute atomic E-state index is 13.5. The highest BCUT2D eigenvalue weighted by molar-refractivity contribution is 6.00. The number of aromatic nitrogens is 2. The zero-order valence-corrected chi connectivity index (χ0v) is 17.4. The van der Waals surface area contributed by atoms with Crippen LogP contribution in [0.2, 0.25) is 0 Å². The van der Waals surface area contributed by atoms with Gasteiger partial charge in [0.05, 0.1) is 17.5 Å². The van der Waals surface area contributed by atoms with Gasteiger partial charge in [0.2, 0.25) is 5.91 Å². The molecule has 2 aromatic rings. The predicted molar refractivity (Wildman–Crippen MR) is 112 cm³/mol. The van der Waals surface area contributed by atoms with Crippen molar-refractivity contribution in [3.8, 4) is 22.8 Å². The van der Waals surface area contributed by atoms with Crippen molar-refractivity contribution in [2.24, 2.45) is 11.8 Å². The topological polar surface area (TPSA) is 87.8 Å². The molecule has 3 fully saturated rings. The molecule has 3 saturated heterocycles. The molecule has 5 heterocycles. The Hall–Kier alpha value is -3.03. The second-order valence-electron chi connectivity index (χ2n) is 9.09. The minimum Gasteiger partial charge on any atom is -0.486 e. The van der Waals surface area contributed by atoms with Crippen LogP contribution in [-0.4, -0.2) is 70.7 Å². The van der Waals surface area contributed by atoms with Crippen molar-refractivity contribution in [3.05, 3.63) is 30.0 Å². The van der Waals surface area contributed by atoms with Gasteiger partial charge in [-0.2, -0.15) is 5.10 Å². The average Bonchev–Trinajstić information content (AvgIpc) is 3.29. The molecule has 162 valence electrons. The summed E-state index contributed by atoms with van der Waals surface area (Å²) in [5.74, 6) is 2.42. The van der Waals surface area contributed by atoms with Crippen molar-refractivity contribution < 1.29 is 19.1 Å². The fourth-order valence-corrected chi connectivity index (χ4v) is 5.81. The first-order valence-corrected chi connectivity index (χ1v) is 11.2. The summed E-state index contributed by atoms with van der Waals surface area (Å²) in [5, 5.41) is 7.18. The minimum absolute atomic E-state index is 0.00363. The fourth-order valence-electron chi connectivity index (χ4n) is 5.81. The Kier molecular flexibility index (Phi) is 4.40. The fraction of sp³-hybridized carbons (Fsp3) is 0.522. The van der Waals surface area contributed by atoms with E-state index in [0.717, 1.165) is 37.1 Å². The molecule has 0 spiro atoms. The van der Waals surface area contributed by atoms with Crippen LogP contribution in [0.4, 0.5) is 0 Å². The van der Waals surface area contributed by atoms with E-state index in [-0.39, 0.29) is 11.9 Å². The number of ether oxygens (including phenoxy) is 2. The summed E-state index contributed by atoms with van der Waals surface area (Å²) in [4.78, 5) is 30.0. The smallest absolute Gasteiger partial charge is 0.257 e. The first-order valence-electron chi connectivity index (χ1n) is 11.2. The van der Waals surface area contributed by atoms with E-state index in [4.69, 9.17) is 9.47 Å². The monoisotopic (exact) mass is 422 g/mol. The van der Waals surface area contributed by atoms with E-state index < -0.39 is 0 Å². The summed E-state index contributed by atoms with van der Waals surface area (Å²) in [6.07, 6.45) is 5.42. The van der Waals surface area contributed by atoms with Gasteiger partial charge in [0.1, 0.15) is 13.2 Å². The number of amides is 2. The van der Waals surface area contributed by atoms with Crippen LogP contribution >= 0.6 is 0 Å². The van der Waals surface area contributed by atoms with Gasteiger partial charge in [-0.1, -0.05) is 0 Å². The van der Waals surface area contributed by atoms with Gasteiger partial charge in [-0.3, -0.25) is 14.7 Å². The molecule has 1 aromatic carbocycles. The zero-order valence-electron chi connectivity index (χ0n) is 17.4. The third-order valence-corrected chi connectivity index (χ3v) is 7.17. The second kappa shape index (κ2) is 7.28. The molecule has 1 N–H and O–H groups in total. The maximum Gasteiger partial charge on any atom is 0.257 e. The zero-order chi connectivity index (χ0) is 20.9. The number of fused-ring (bicyclic) bond motifs is 5. The number of benzene rings is 1. The number of rotatable bonds is 2. The maximum atomic E-state index is 13.5. The first-order chi connectivity index (χ1) is 15.2. The molecule has 1 aromatic heterocycles. The van der Waals surface area contributed by atoms with Crippen molar-refractivity contribution in [3.63, 3.8) is 0 Å². The van der Waals surface area contributed by atoms with E-state index in [1.807, 2.05) is 23.1 Å². The van der Waals surface area contributed by atoms with E-state index in [1.165, 1.54) is 0 Å². The average molecular weight is 422 g/mol. The molecule has 4 aliphatic heterocycles. The molecule has 0 radical (unpaired) electrons. The Morgan fingerprint density at radius 3 is 2.90 bits per heavy atom. The SMILES string of the molecule is O=C(c1cn[nH]c1-c1ccc2c(c1)OCCO2)N1C[C@H]2C[C@@H](C1)[C@@H]1CCCC(=O)N1C2. The number of nitrogens with zero attached hydrogens (tertiary/aromatic N) is 3. The van der Waals surface area contributed by atoms with Gasteiger partial charge in [-0.15, -0.1) is 0 Å². The van der Waals surface area contributed by atoms with Gasteiger partial charge < -0.3 is 19.3 Å². The Bertz CT molecular complexity index is 1030. The highest BCUT2D eigenvalue weighted by atomic mass is 16.6. The number of nitrogens with one attached hydrogen (secondary N) is 1. The summed E-state index contributed by atoms with van der Waals surface area (Å²) in [7, 11) is 0. The van der Waals surface area contributed by atoms with Gasteiger partial charge >= 0.3 is 0 Å². The van der Waals surface area contributed by atoms with Crippen molar-refractivity contribution in [2.75, 3.05) is 32.8 Å². The molecule has 0 aliphatic carbocycles. The Balaban J connectivity index is 1.25. The van der Waals surface area contributed by atoms with Crippen molar-refractivity contribution >= 4 is 11.8 Å². The standard InChI is InChI=1S/C23H26N4O4/c28-21-3-1-2-18-16-8-14(12-27(18)21)11-26(13-16)23(29)17-10-24-25-22(17)15-4-5-19-20(9-15)31-7-6-30-19/h4-5,9-10,14,16,18H,1-3,6-8,11-13H2,(H,24,25)/t14-,16+,18+/m1/s1. The normalized spacial score (nSPS) is 27.1. The van der Waals surface area contributed by atoms with Crippen LogP contribution in [0.15, 0.2) is 24.4 Å². The quantitative estimate of drug-likeness (QED) is 0.803. The van der Waals surface area contributed by atoms with Gasteiger partial charge in [0.25, 0.3) is 5.91 Å². The molecule has 31 heavy (non-hydrogen) atoms. The van der Waals surface area contributed by atoms with Crippen LogP contribution in [0.1, 0.15) is 36.0 Å². The summed E-state index contributed by atoms with van der Waals surface area (Å²) in [6, 6.07) is 5.98. The highest BCUT2D eigenvalue weighted by Gasteiger charge is 2.45. The summed E-state index contributed by atoms with van der Waals surface area (Å²) in [6.45, 7) is 3.24. The number of aromatic amines is 1. The Morgan fingerprint density at radius 1 is 1.13 bits per heavy atom. The van der Waals surface area contributed by atoms with Gasteiger partial charge in [-0.05, 0) is 49.3 Å². The van der Waals surface area contributed by atoms with Gasteiger partial charge in [0.15, 0.2) is 11.5 Å². The molecular weight excluding hydrogens is 396 g/mol. The lowest BCUT2D eigenvalue weighted by Crippen LogP contribution is -2.61. The number of H-pyrrole nitrogens is 1. The third kappa shape index (κ3) is 3.16. The van der Waals surface area contributed by atoms with Crippen molar-refractivity contribution in [1.82, 2.24) is 20.0 Å². The molecule has 0 unspecified atom stereocenters. The highest BCUT2D eigenvalue weighted by Crippen LogP contribution is 2.39. The van der Waals surface area contributed by atoms with Crippen LogP contribution in [0.3, 0.4) is 0 Å². The molecule has 8 heteroatoms. The lowest BCUT2D eigenvalue weighted by atomic mass is 9.76. The lowest BCUT2D eigenvalue weighted by molar-refractivity contribution is -0.144. The van der Waals surface area contributed by atoms with Crippen LogP contribution in [0.5, 0.6) is 11.5 Å². The second-order valence-corrected chi connectivity index (χ2v) is 9.09. The molecule has 2 amide bonds. The Morgan fingerprint density at radius 2 is 2.00 bits per heavy atom. The van der Waals surface area contributed by atoms with Crippen molar-refractivity contribution in [2.45, 2.75) is 31.7 Å². The van der Waals surface area contributed by atoms with E-state index in [2.05, 4.69) is 15.1 Å². The van der Waals surface area contributed by atoms with E-state index in [1.54, 1.807) is 6.20 Å². The predicted octanol–water partition coefficient (Wildman–Crippen LogP) is 2.32. The van der Waals surface area contributed by atoms with Crippen LogP contribution in [-0.2, 0) is 4.79 Å². The molecule has 0 saturated carbocycles. The Labute approximate surface area is 180 Å². The van der Waals surface area contributed by atoms with Crippen molar-refractivity contribution in [1.29, 1.82) is 0 Å². The molecule has 6 rings (SSSR count). The number of hydrogen-bond donors (Lipinski definition) is 1. The van der Waals surface area contributed by atoms with Crippen LogP contribution in [0.25, 0.3) is 11.3 Å². The molecular formula is C23H26N4O4. The van der Waals surface area contributed by atoms with E-state index >= 15 is 0 Å². The lowest BCUT2D eigenvalue weighted by Gasteiger charge is -2.52. The van der Waals surface area contributed by atoms with Gasteiger partial charge in [0, 0.05) is 37.7 Å². The molecule has 2 bridgehead atoms. The van der Waals surface area contributed by atoms with E-state index in [0.29, 0.717) is 67.5 Å². The van der Waals surface area contributed by atoms with Crippen LogP contribution < -0.4 is 9.47 Å². The number of carbonyl (C=O) groups is 2.